The van der Waals surface area contributed by atoms with E-state index in [1.54, 1.807) is 0 Å². The molecule has 1 aromatic carbocycles. The Kier molecular flexibility index (Phi) is 4.10. The average Bonchev–Trinajstić information content (AvgIpc) is 2.16. The molecule has 1 atom stereocenters. The lowest BCUT2D eigenvalue weighted by molar-refractivity contribution is -0.483. The molecule has 0 heterocycles. The molecule has 0 unspecified atom stereocenters. The van der Waals surface area contributed by atoms with Crippen LogP contribution in [0.1, 0.15) is 24.8 Å². The number of ketones is 1. The van der Waals surface area contributed by atoms with Crippen molar-refractivity contribution in [3.05, 3.63) is 45.8 Å². The van der Waals surface area contributed by atoms with Gasteiger partial charge in [-0.15, -0.1) is 0 Å². The van der Waals surface area contributed by atoms with Gasteiger partial charge in [0.25, 0.3) is 0 Å². The number of carbonyl (C=O) groups excluding carboxylic acids is 1. The standard InChI is InChI=1S/C11H12FNO3/c1-8(14)6-10(7-13(15)16)9-2-4-11(12)5-3-9/h2-5,10H,6-7H2,1H3/t10-/m0/s1. The van der Waals surface area contributed by atoms with Gasteiger partial charge in [0.2, 0.25) is 6.54 Å². The third-order valence-electron chi connectivity index (χ3n) is 2.24. The number of nitrogens with zero attached hydrogens (tertiary/aromatic N) is 1. The molecule has 0 amide bonds. The van der Waals surface area contributed by atoms with Crippen LogP contribution < -0.4 is 0 Å². The Morgan fingerprint density at radius 1 is 1.44 bits per heavy atom. The number of nitro groups is 1. The van der Waals surface area contributed by atoms with E-state index in [0.29, 0.717) is 5.56 Å². The maximum Gasteiger partial charge on any atom is 0.211 e. The Bertz CT molecular complexity index is 373. The Hall–Kier alpha value is -1.78. The highest BCUT2D eigenvalue weighted by atomic mass is 19.1. The number of hydrogen-bond donors (Lipinski definition) is 0. The van der Waals surface area contributed by atoms with Crippen molar-refractivity contribution in [3.63, 3.8) is 0 Å². The van der Waals surface area contributed by atoms with Crippen molar-refractivity contribution in [3.8, 4) is 0 Å². The second-order valence-electron chi connectivity index (χ2n) is 3.67. The Morgan fingerprint density at radius 2 is 2.00 bits per heavy atom. The fourth-order valence-corrected chi connectivity index (χ4v) is 1.55. The lowest BCUT2D eigenvalue weighted by Gasteiger charge is -2.11. The molecular weight excluding hydrogens is 213 g/mol. The van der Waals surface area contributed by atoms with E-state index in [1.807, 2.05) is 0 Å². The smallest absolute Gasteiger partial charge is 0.211 e. The van der Waals surface area contributed by atoms with Gasteiger partial charge in [0, 0.05) is 11.3 Å². The van der Waals surface area contributed by atoms with Crippen LogP contribution in [0.15, 0.2) is 24.3 Å². The monoisotopic (exact) mass is 225 g/mol. The number of halogens is 1. The summed E-state index contributed by atoms with van der Waals surface area (Å²) in [4.78, 5) is 21.0. The molecule has 4 nitrogen and oxygen atoms in total. The fourth-order valence-electron chi connectivity index (χ4n) is 1.55. The summed E-state index contributed by atoms with van der Waals surface area (Å²) in [6.07, 6.45) is 0.104. The molecule has 0 saturated carbocycles. The molecule has 1 aromatic rings. The van der Waals surface area contributed by atoms with E-state index >= 15 is 0 Å². The van der Waals surface area contributed by atoms with Crippen molar-refractivity contribution in [1.82, 2.24) is 0 Å². The molecular formula is C11H12FNO3. The van der Waals surface area contributed by atoms with Gasteiger partial charge in [-0.3, -0.25) is 10.1 Å². The van der Waals surface area contributed by atoms with Crippen LogP contribution >= 0.6 is 0 Å². The quantitative estimate of drug-likeness (QED) is 0.570. The van der Waals surface area contributed by atoms with E-state index in [1.165, 1.54) is 31.2 Å². The first-order valence-corrected chi connectivity index (χ1v) is 4.85. The summed E-state index contributed by atoms with van der Waals surface area (Å²) in [6, 6.07) is 5.43. The molecule has 0 aliphatic carbocycles. The molecule has 0 radical (unpaired) electrons. The van der Waals surface area contributed by atoms with Crippen LogP contribution in [0.2, 0.25) is 0 Å². The number of carbonyl (C=O) groups is 1. The molecule has 0 aliphatic heterocycles. The number of benzene rings is 1. The van der Waals surface area contributed by atoms with Gasteiger partial charge in [0.1, 0.15) is 11.6 Å². The first-order valence-electron chi connectivity index (χ1n) is 4.85. The van der Waals surface area contributed by atoms with E-state index in [4.69, 9.17) is 0 Å². The van der Waals surface area contributed by atoms with Crippen molar-refractivity contribution in [2.24, 2.45) is 0 Å². The zero-order chi connectivity index (χ0) is 12.1. The first kappa shape index (κ1) is 12.3. The van der Waals surface area contributed by atoms with Crippen molar-refractivity contribution in [1.29, 1.82) is 0 Å². The van der Waals surface area contributed by atoms with Crippen LogP contribution in [0, 0.1) is 15.9 Å². The van der Waals surface area contributed by atoms with Gasteiger partial charge in [-0.1, -0.05) is 12.1 Å². The van der Waals surface area contributed by atoms with E-state index in [0.717, 1.165) is 0 Å². The van der Waals surface area contributed by atoms with Crippen molar-refractivity contribution in [2.75, 3.05) is 6.54 Å². The van der Waals surface area contributed by atoms with E-state index in [2.05, 4.69) is 0 Å². The number of Topliss-reactive ketones (excluding diaryl/α,β-unsaturated/α-hetero) is 1. The Labute approximate surface area is 92.2 Å². The van der Waals surface area contributed by atoms with Crippen LogP contribution in [0.25, 0.3) is 0 Å². The minimum atomic E-state index is -0.479. The molecule has 0 saturated heterocycles. The third-order valence-corrected chi connectivity index (χ3v) is 2.24. The fraction of sp³-hybridized carbons (Fsp3) is 0.364. The summed E-state index contributed by atoms with van der Waals surface area (Å²) in [5, 5.41) is 10.5. The van der Waals surface area contributed by atoms with E-state index < -0.39 is 16.7 Å². The largest absolute Gasteiger partial charge is 0.300 e. The minimum absolute atomic E-state index is 0.104. The number of hydrogen-bond acceptors (Lipinski definition) is 3. The zero-order valence-corrected chi connectivity index (χ0v) is 8.85. The second-order valence-corrected chi connectivity index (χ2v) is 3.67. The average molecular weight is 225 g/mol. The Morgan fingerprint density at radius 3 is 2.44 bits per heavy atom. The topological polar surface area (TPSA) is 60.2 Å². The van der Waals surface area contributed by atoms with Crippen LogP contribution in [0.4, 0.5) is 4.39 Å². The molecule has 0 N–H and O–H groups in total. The van der Waals surface area contributed by atoms with Gasteiger partial charge in [-0.25, -0.2) is 4.39 Å². The Balaban J connectivity index is 2.86. The van der Waals surface area contributed by atoms with Gasteiger partial charge in [0.15, 0.2) is 0 Å². The molecule has 0 spiro atoms. The molecule has 0 fully saturated rings. The lowest BCUT2D eigenvalue weighted by Crippen LogP contribution is -2.15. The summed E-state index contributed by atoms with van der Waals surface area (Å²) in [5.74, 6) is -0.990. The molecule has 1 rings (SSSR count). The normalized spacial score (nSPS) is 12.1. The minimum Gasteiger partial charge on any atom is -0.300 e. The summed E-state index contributed by atoms with van der Waals surface area (Å²) >= 11 is 0. The van der Waals surface area contributed by atoms with Crippen molar-refractivity contribution in [2.45, 2.75) is 19.3 Å². The van der Waals surface area contributed by atoms with Gasteiger partial charge in [-0.05, 0) is 24.6 Å². The van der Waals surface area contributed by atoms with Crippen molar-refractivity contribution >= 4 is 5.78 Å². The van der Waals surface area contributed by atoms with Crippen molar-refractivity contribution < 1.29 is 14.1 Å². The second kappa shape index (κ2) is 5.34. The van der Waals surface area contributed by atoms with Crippen LogP contribution in [-0.2, 0) is 4.79 Å². The van der Waals surface area contributed by atoms with Gasteiger partial charge in [-0.2, -0.15) is 0 Å². The molecule has 0 aromatic heterocycles. The molecule has 86 valence electrons. The predicted molar refractivity (Wildman–Crippen MR) is 56.3 cm³/mol. The highest BCUT2D eigenvalue weighted by Crippen LogP contribution is 2.20. The van der Waals surface area contributed by atoms with Crippen LogP contribution in [-0.4, -0.2) is 17.3 Å². The van der Waals surface area contributed by atoms with Gasteiger partial charge < -0.3 is 4.79 Å². The maximum absolute atomic E-state index is 12.7. The highest BCUT2D eigenvalue weighted by molar-refractivity contribution is 5.76. The van der Waals surface area contributed by atoms with Gasteiger partial charge in [0.05, 0.1) is 5.92 Å². The van der Waals surface area contributed by atoms with Crippen LogP contribution in [0.3, 0.4) is 0 Å². The van der Waals surface area contributed by atoms with Crippen LogP contribution in [0.5, 0.6) is 0 Å². The number of rotatable bonds is 5. The summed E-state index contributed by atoms with van der Waals surface area (Å²) < 4.78 is 12.7. The SMILES string of the molecule is CC(=O)C[C@@H](C[N+](=O)[O-])c1ccc(F)cc1. The first-order chi connectivity index (χ1) is 7.49. The molecule has 0 aliphatic rings. The molecule has 0 bridgehead atoms. The summed E-state index contributed by atoms with van der Waals surface area (Å²) in [7, 11) is 0. The molecule has 16 heavy (non-hydrogen) atoms. The molecule has 5 heteroatoms. The zero-order valence-electron chi connectivity index (χ0n) is 8.85. The summed E-state index contributed by atoms with van der Waals surface area (Å²) in [5.41, 5.74) is 0.619. The third kappa shape index (κ3) is 3.76. The maximum atomic E-state index is 12.7. The summed E-state index contributed by atoms with van der Waals surface area (Å²) in [6.45, 7) is 1.07. The highest BCUT2D eigenvalue weighted by Gasteiger charge is 2.19. The lowest BCUT2D eigenvalue weighted by atomic mass is 9.94. The van der Waals surface area contributed by atoms with E-state index in [9.17, 15) is 19.3 Å². The predicted octanol–water partition coefficient (Wildman–Crippen LogP) is 2.17. The van der Waals surface area contributed by atoms with Gasteiger partial charge >= 0.3 is 0 Å². The van der Waals surface area contributed by atoms with E-state index in [-0.39, 0.29) is 18.7 Å².